The monoisotopic (exact) mass is 285 g/mol. The van der Waals surface area contributed by atoms with E-state index >= 15 is 0 Å². The molecule has 7 heteroatoms. The fourth-order valence-corrected chi connectivity index (χ4v) is 1.88. The highest BCUT2D eigenvalue weighted by atomic mass is 32.1. The molecule has 0 saturated heterocycles. The number of aromatic nitrogens is 2. The molecule has 0 saturated carbocycles. The average molecular weight is 285 g/mol. The molecule has 0 aliphatic carbocycles. The highest BCUT2D eigenvalue weighted by Crippen LogP contribution is 2.19. The summed E-state index contributed by atoms with van der Waals surface area (Å²) in [5.41, 5.74) is 0.754. The van der Waals surface area contributed by atoms with Crippen molar-refractivity contribution < 1.29 is 18.8 Å². The van der Waals surface area contributed by atoms with Crippen molar-refractivity contribution >= 4 is 27.7 Å². The molecule has 2 rings (SSSR count). The Labute approximate surface area is 115 Å². The first kappa shape index (κ1) is 15.5. The molecule has 0 aliphatic heterocycles. The normalized spacial score (nSPS) is 10.9. The molecule has 1 aromatic carbocycles. The van der Waals surface area contributed by atoms with E-state index < -0.39 is 5.97 Å². The fourth-order valence-electron chi connectivity index (χ4n) is 1.22. The van der Waals surface area contributed by atoms with Gasteiger partial charge < -0.3 is 14.4 Å². The Morgan fingerprint density at radius 2 is 2.11 bits per heavy atom. The van der Waals surface area contributed by atoms with Crippen LogP contribution in [-0.2, 0) is 0 Å². The molecular weight excluding hydrogens is 269 g/mol. The van der Waals surface area contributed by atoms with Crippen LogP contribution in [-0.4, -0.2) is 54.4 Å². The van der Waals surface area contributed by atoms with Crippen LogP contribution >= 0.6 is 11.5 Å². The van der Waals surface area contributed by atoms with Crippen molar-refractivity contribution in [2.45, 2.75) is 0 Å². The van der Waals surface area contributed by atoms with Gasteiger partial charge >= 0.3 is 0 Å². The minimum absolute atomic E-state index is 0.155. The summed E-state index contributed by atoms with van der Waals surface area (Å²) in [6.07, 6.45) is 0. The van der Waals surface area contributed by atoms with Gasteiger partial charge in [0.25, 0.3) is 0 Å². The van der Waals surface area contributed by atoms with Gasteiger partial charge in [0.1, 0.15) is 18.7 Å². The molecule has 1 aromatic heterocycles. The van der Waals surface area contributed by atoms with E-state index in [9.17, 15) is 14.3 Å². The van der Waals surface area contributed by atoms with Crippen LogP contribution in [0, 0.1) is 0 Å². The van der Waals surface area contributed by atoms with Crippen molar-refractivity contribution in [2.75, 3.05) is 34.4 Å². The lowest BCUT2D eigenvalue weighted by Crippen LogP contribution is -2.36. The number of benzene rings is 1. The second kappa shape index (κ2) is 6.53. The summed E-state index contributed by atoms with van der Waals surface area (Å²) in [6.45, 7) is 0.392. The fraction of sp³-hybridized carbons (Fsp3) is 0.417. The number of rotatable bonds is 3. The number of alkyl halides is 1. The molecule has 0 atom stereocenters. The zero-order chi connectivity index (χ0) is 14.5. The molecule has 0 aliphatic rings. The van der Waals surface area contributed by atoms with Crippen LogP contribution in [0.5, 0.6) is 0 Å². The molecule has 0 fully saturated rings. The molecule has 19 heavy (non-hydrogen) atoms. The Balaban J connectivity index is 0.000000224. The molecule has 0 radical (unpaired) electrons. The predicted octanol–water partition coefficient (Wildman–Crippen LogP) is 0.717. The second-order valence-electron chi connectivity index (χ2n) is 4.92. The lowest BCUT2D eigenvalue weighted by Gasteiger charge is -2.21. The first-order chi connectivity index (χ1) is 8.85. The van der Waals surface area contributed by atoms with Crippen molar-refractivity contribution in [3.05, 3.63) is 23.8 Å². The van der Waals surface area contributed by atoms with Crippen molar-refractivity contribution in [2.24, 2.45) is 0 Å². The highest BCUT2D eigenvalue weighted by Gasteiger charge is 2.04. The third-order valence-corrected chi connectivity index (χ3v) is 3.03. The minimum atomic E-state index is -1.19. The molecule has 0 unspecified atom stereocenters. The topological polar surface area (TPSA) is 65.9 Å². The highest BCUT2D eigenvalue weighted by molar-refractivity contribution is 7.13. The van der Waals surface area contributed by atoms with Gasteiger partial charge in [-0.1, -0.05) is 16.6 Å². The number of carboxylic acids is 1. The number of hydrogen-bond donors (Lipinski definition) is 0. The van der Waals surface area contributed by atoms with Gasteiger partial charge in [0.05, 0.1) is 31.8 Å². The summed E-state index contributed by atoms with van der Waals surface area (Å²) in [5.74, 6) is -1.19. The van der Waals surface area contributed by atoms with Gasteiger partial charge in [-0.25, -0.2) is 4.39 Å². The lowest BCUT2D eigenvalue weighted by atomic mass is 10.2. The van der Waals surface area contributed by atoms with Gasteiger partial charge in [-0.3, -0.25) is 0 Å². The van der Waals surface area contributed by atoms with Crippen LogP contribution in [0.3, 0.4) is 0 Å². The largest absolute Gasteiger partial charge is 0.545 e. The zero-order valence-electron chi connectivity index (χ0n) is 11.1. The van der Waals surface area contributed by atoms with E-state index in [0.717, 1.165) is 16.0 Å². The number of carbonyl (C=O) groups is 1. The molecule has 1 heterocycles. The minimum Gasteiger partial charge on any atom is -0.545 e. The maximum Gasteiger partial charge on any atom is 0.138 e. The smallest absolute Gasteiger partial charge is 0.138 e. The van der Waals surface area contributed by atoms with Crippen molar-refractivity contribution in [3.63, 3.8) is 0 Å². The SMILES string of the molecule is C[N+](C)(C)CCF.O=C([O-])c1cccc2nnsc12. The third-order valence-electron chi connectivity index (χ3n) is 2.25. The standard InChI is InChI=1S/C7H4N2O2S.C5H13FN/c10-7(11)4-2-1-3-5-6(4)12-9-8-5;1-7(2,3)5-4-6/h1-3H,(H,10,11);4-5H2,1-3H3/q;+1/p-1. The molecular formula is C12H16FN3O2S. The van der Waals surface area contributed by atoms with Gasteiger partial charge in [-0.2, -0.15) is 0 Å². The van der Waals surface area contributed by atoms with Crippen LogP contribution < -0.4 is 5.11 Å². The van der Waals surface area contributed by atoms with Crippen LogP contribution in [0.2, 0.25) is 0 Å². The van der Waals surface area contributed by atoms with Crippen molar-refractivity contribution in [3.8, 4) is 0 Å². The number of aromatic carboxylic acids is 1. The Morgan fingerprint density at radius 3 is 2.58 bits per heavy atom. The van der Waals surface area contributed by atoms with E-state index in [1.807, 2.05) is 21.1 Å². The van der Waals surface area contributed by atoms with E-state index in [1.54, 1.807) is 12.1 Å². The Bertz CT molecular complexity index is 551. The Kier molecular flexibility index (Phi) is 5.31. The number of hydrogen-bond acceptors (Lipinski definition) is 5. The maximum absolute atomic E-state index is 11.5. The number of nitrogens with zero attached hydrogens (tertiary/aromatic N) is 3. The lowest BCUT2D eigenvalue weighted by molar-refractivity contribution is -0.870. The van der Waals surface area contributed by atoms with E-state index in [0.29, 0.717) is 16.8 Å². The maximum atomic E-state index is 11.5. The average Bonchev–Trinajstić information content (AvgIpc) is 2.75. The van der Waals surface area contributed by atoms with Crippen LogP contribution in [0.15, 0.2) is 18.2 Å². The number of fused-ring (bicyclic) bond motifs is 1. The summed E-state index contributed by atoms with van der Waals surface area (Å²) in [4.78, 5) is 10.6. The quantitative estimate of drug-likeness (QED) is 0.779. The summed E-state index contributed by atoms with van der Waals surface area (Å²) < 4.78 is 16.4. The van der Waals surface area contributed by atoms with Gasteiger partial charge in [-0.15, -0.1) is 5.10 Å². The van der Waals surface area contributed by atoms with Gasteiger partial charge in [0.2, 0.25) is 0 Å². The van der Waals surface area contributed by atoms with Crippen LogP contribution in [0.25, 0.3) is 10.2 Å². The molecule has 0 bridgehead atoms. The number of carboxylic acid groups (broad SMARTS) is 1. The first-order valence-electron chi connectivity index (χ1n) is 5.64. The summed E-state index contributed by atoms with van der Waals surface area (Å²) in [7, 11) is 5.92. The molecule has 104 valence electrons. The number of carbonyl (C=O) groups excluding carboxylic acids is 1. The van der Waals surface area contributed by atoms with Gasteiger partial charge in [-0.05, 0) is 17.6 Å². The van der Waals surface area contributed by atoms with E-state index in [1.165, 1.54) is 6.07 Å². The Hall–Kier alpha value is -1.60. The summed E-state index contributed by atoms with van der Waals surface area (Å²) in [6, 6.07) is 4.82. The number of quaternary nitrogens is 1. The third kappa shape index (κ3) is 4.88. The van der Waals surface area contributed by atoms with E-state index in [2.05, 4.69) is 9.59 Å². The molecule has 0 N–H and O–H groups in total. The predicted molar refractivity (Wildman–Crippen MR) is 70.6 cm³/mol. The second-order valence-corrected chi connectivity index (χ2v) is 5.67. The van der Waals surface area contributed by atoms with Crippen molar-refractivity contribution in [1.29, 1.82) is 0 Å². The zero-order valence-corrected chi connectivity index (χ0v) is 11.9. The van der Waals surface area contributed by atoms with E-state index in [4.69, 9.17) is 0 Å². The van der Waals surface area contributed by atoms with Crippen LogP contribution in [0.4, 0.5) is 4.39 Å². The van der Waals surface area contributed by atoms with Gasteiger partial charge in [0, 0.05) is 5.56 Å². The van der Waals surface area contributed by atoms with Crippen molar-refractivity contribution in [1.82, 2.24) is 9.59 Å². The molecule has 0 spiro atoms. The van der Waals surface area contributed by atoms with E-state index in [-0.39, 0.29) is 12.2 Å². The summed E-state index contributed by atoms with van der Waals surface area (Å²) >= 11 is 1.06. The Morgan fingerprint density at radius 1 is 1.42 bits per heavy atom. The van der Waals surface area contributed by atoms with Gasteiger partial charge in [0.15, 0.2) is 0 Å². The molecule has 2 aromatic rings. The molecule has 5 nitrogen and oxygen atoms in total. The van der Waals surface area contributed by atoms with Crippen LogP contribution in [0.1, 0.15) is 10.4 Å². The molecule has 0 amide bonds. The number of halogens is 1. The first-order valence-corrected chi connectivity index (χ1v) is 6.41. The summed E-state index contributed by atoms with van der Waals surface area (Å²) in [5, 5.41) is 14.3.